The molecule has 1 unspecified atom stereocenters. The number of hydrogen-bond donors (Lipinski definition) is 0. The van der Waals surface area contributed by atoms with Gasteiger partial charge in [0.15, 0.2) is 6.10 Å². The zero-order valence-corrected chi connectivity index (χ0v) is 53.8. The maximum atomic E-state index is 12.9. The van der Waals surface area contributed by atoms with Gasteiger partial charge in [0.1, 0.15) is 13.2 Å². The van der Waals surface area contributed by atoms with Crippen LogP contribution in [0.2, 0.25) is 0 Å². The number of unbranched alkanes of at least 4 members (excludes halogenated alkanes) is 39. The Kier molecular flexibility index (Phi) is 66.2. The van der Waals surface area contributed by atoms with Gasteiger partial charge < -0.3 is 14.2 Å². The normalized spacial score (nSPS) is 12.6. The minimum absolute atomic E-state index is 0.0728. The Balaban J connectivity index is 4.21. The number of rotatable bonds is 64. The molecule has 6 nitrogen and oxygen atoms in total. The van der Waals surface area contributed by atoms with E-state index in [1.54, 1.807) is 0 Å². The molecular formula is C75H132O6. The molecule has 0 saturated heterocycles. The summed E-state index contributed by atoms with van der Waals surface area (Å²) in [5.41, 5.74) is 0. The Morgan fingerprint density at radius 2 is 0.481 bits per heavy atom. The molecule has 0 rings (SSSR count). The number of hydrogen-bond acceptors (Lipinski definition) is 6. The highest BCUT2D eigenvalue weighted by atomic mass is 16.6. The third-order valence-electron chi connectivity index (χ3n) is 15.4. The Morgan fingerprint density at radius 1 is 0.259 bits per heavy atom. The molecule has 0 saturated carbocycles. The Labute approximate surface area is 503 Å². The summed E-state index contributed by atoms with van der Waals surface area (Å²) in [5, 5.41) is 0. The van der Waals surface area contributed by atoms with Crippen LogP contribution >= 0.6 is 0 Å². The van der Waals surface area contributed by atoms with E-state index in [-0.39, 0.29) is 31.1 Å². The lowest BCUT2D eigenvalue weighted by Crippen LogP contribution is -2.30. The molecule has 0 bridgehead atoms. The van der Waals surface area contributed by atoms with E-state index in [4.69, 9.17) is 14.2 Å². The van der Waals surface area contributed by atoms with Crippen LogP contribution in [0.1, 0.15) is 355 Å². The van der Waals surface area contributed by atoms with E-state index >= 15 is 0 Å². The first-order valence-electron chi connectivity index (χ1n) is 35.1. The van der Waals surface area contributed by atoms with Gasteiger partial charge in [-0.15, -0.1) is 0 Å². The van der Waals surface area contributed by atoms with E-state index in [1.807, 2.05) is 0 Å². The smallest absolute Gasteiger partial charge is 0.306 e. The molecule has 6 heteroatoms. The Morgan fingerprint density at radius 3 is 0.778 bits per heavy atom. The predicted octanol–water partition coefficient (Wildman–Crippen LogP) is 24.2. The Hall–Kier alpha value is -3.41. The lowest BCUT2D eigenvalue weighted by Gasteiger charge is -2.18. The molecule has 0 aromatic rings. The molecular weight excluding hydrogens is 997 g/mol. The van der Waals surface area contributed by atoms with Crippen LogP contribution in [0.3, 0.4) is 0 Å². The van der Waals surface area contributed by atoms with Crippen LogP contribution in [-0.4, -0.2) is 37.2 Å². The number of esters is 3. The van der Waals surface area contributed by atoms with Crippen molar-refractivity contribution < 1.29 is 28.6 Å². The van der Waals surface area contributed by atoms with Crippen molar-refractivity contribution in [1.82, 2.24) is 0 Å². The summed E-state index contributed by atoms with van der Waals surface area (Å²) in [5.74, 6) is -0.857. The summed E-state index contributed by atoms with van der Waals surface area (Å²) < 4.78 is 17.0. The largest absolute Gasteiger partial charge is 0.462 e. The van der Waals surface area contributed by atoms with Crippen molar-refractivity contribution >= 4 is 17.9 Å². The van der Waals surface area contributed by atoms with Crippen molar-refractivity contribution in [1.29, 1.82) is 0 Å². The number of carbonyl (C=O) groups excluding carboxylic acids is 3. The third-order valence-corrected chi connectivity index (χ3v) is 15.4. The average Bonchev–Trinajstić information content (AvgIpc) is 3.46. The average molecular weight is 1130 g/mol. The summed E-state index contributed by atoms with van der Waals surface area (Å²) in [7, 11) is 0. The maximum absolute atomic E-state index is 12.9. The van der Waals surface area contributed by atoms with Crippen LogP contribution in [0, 0.1) is 0 Å². The molecule has 81 heavy (non-hydrogen) atoms. The molecule has 0 radical (unpaired) electrons. The van der Waals surface area contributed by atoms with E-state index < -0.39 is 6.10 Å². The molecule has 0 amide bonds. The molecule has 0 aliphatic rings. The van der Waals surface area contributed by atoms with Crippen LogP contribution in [0.15, 0.2) is 85.1 Å². The second kappa shape index (κ2) is 69.1. The highest BCUT2D eigenvalue weighted by molar-refractivity contribution is 5.71. The van der Waals surface area contributed by atoms with E-state index in [0.29, 0.717) is 19.3 Å². The van der Waals surface area contributed by atoms with Gasteiger partial charge in [0.05, 0.1) is 0 Å². The molecule has 0 aliphatic carbocycles. The van der Waals surface area contributed by atoms with Crippen LogP contribution in [0.4, 0.5) is 0 Å². The van der Waals surface area contributed by atoms with Crippen molar-refractivity contribution in [3.63, 3.8) is 0 Å². The van der Waals surface area contributed by atoms with Gasteiger partial charge in [0, 0.05) is 19.3 Å². The van der Waals surface area contributed by atoms with Crippen LogP contribution < -0.4 is 0 Å². The van der Waals surface area contributed by atoms with Gasteiger partial charge in [-0.25, -0.2) is 0 Å². The lowest BCUT2D eigenvalue weighted by molar-refractivity contribution is -0.167. The fraction of sp³-hybridized carbons (Fsp3) is 0.773. The highest BCUT2D eigenvalue weighted by Crippen LogP contribution is 2.18. The number of ether oxygens (including phenoxy) is 3. The maximum Gasteiger partial charge on any atom is 0.306 e. The second-order valence-electron chi connectivity index (χ2n) is 23.4. The summed E-state index contributed by atoms with van der Waals surface area (Å²) in [6.07, 6.45) is 91.8. The molecule has 0 fully saturated rings. The van der Waals surface area contributed by atoms with Crippen molar-refractivity contribution in [3.05, 3.63) is 85.1 Å². The Bertz CT molecular complexity index is 1530. The molecule has 0 heterocycles. The predicted molar refractivity (Wildman–Crippen MR) is 353 cm³/mol. The summed E-state index contributed by atoms with van der Waals surface area (Å²) in [6.45, 7) is 6.54. The monoisotopic (exact) mass is 1130 g/mol. The van der Waals surface area contributed by atoms with Gasteiger partial charge in [-0.1, -0.05) is 324 Å². The third kappa shape index (κ3) is 67.3. The van der Waals surface area contributed by atoms with Crippen molar-refractivity contribution in [2.45, 2.75) is 361 Å². The fourth-order valence-corrected chi connectivity index (χ4v) is 10.2. The molecule has 0 aromatic carbocycles. The summed E-state index contributed by atoms with van der Waals surface area (Å²) >= 11 is 0. The van der Waals surface area contributed by atoms with E-state index in [9.17, 15) is 14.4 Å². The standard InChI is InChI=1S/C75H132O6/c1-4-7-10-13-16-19-22-25-27-29-31-32-33-34-35-36-37-38-39-40-41-42-44-45-47-50-53-56-59-62-65-68-74(77)80-71-72(70-79-73(76)67-64-61-58-55-52-49-24-21-18-15-12-9-6-3)81-75(78)69-66-63-60-57-54-51-48-46-43-30-28-26-23-20-17-14-11-8-5-2/h7,10,16-17,19-20,25-28,31-32,34-35,72H,4-6,8-9,11-15,18,21-24,29-30,33,36-71H2,1-3H3/b10-7-,19-16-,20-17-,27-25-,28-26-,32-31-,35-34-. The molecule has 1 atom stereocenters. The minimum Gasteiger partial charge on any atom is -0.462 e. The van der Waals surface area contributed by atoms with Crippen molar-refractivity contribution in [2.75, 3.05) is 13.2 Å². The van der Waals surface area contributed by atoms with Gasteiger partial charge in [-0.05, 0) is 96.3 Å². The highest BCUT2D eigenvalue weighted by Gasteiger charge is 2.19. The van der Waals surface area contributed by atoms with Gasteiger partial charge in [0.25, 0.3) is 0 Å². The van der Waals surface area contributed by atoms with Crippen molar-refractivity contribution in [2.24, 2.45) is 0 Å². The van der Waals surface area contributed by atoms with Crippen molar-refractivity contribution in [3.8, 4) is 0 Å². The van der Waals surface area contributed by atoms with Gasteiger partial charge in [-0.3, -0.25) is 14.4 Å². The minimum atomic E-state index is -0.777. The molecule has 468 valence electrons. The zero-order valence-electron chi connectivity index (χ0n) is 53.8. The zero-order chi connectivity index (χ0) is 58.5. The first kappa shape index (κ1) is 77.6. The fourth-order valence-electron chi connectivity index (χ4n) is 10.2. The topological polar surface area (TPSA) is 78.9 Å². The van der Waals surface area contributed by atoms with E-state index in [1.165, 1.54) is 218 Å². The first-order chi connectivity index (χ1) is 40.0. The quantitative estimate of drug-likeness (QED) is 0.0261. The molecule has 0 aromatic heterocycles. The first-order valence-corrected chi connectivity index (χ1v) is 35.1. The molecule has 0 spiro atoms. The summed E-state index contributed by atoms with van der Waals surface area (Å²) in [4.78, 5) is 38.4. The lowest BCUT2D eigenvalue weighted by atomic mass is 10.0. The molecule has 0 aliphatic heterocycles. The van der Waals surface area contributed by atoms with Gasteiger partial charge in [-0.2, -0.15) is 0 Å². The SMILES string of the molecule is CC/C=C\C/C=C\C/C=C\C/C=C\C/C=C\CCCCCCCCCCCCCCCCCC(=O)OCC(COC(=O)CCCCCCCCCCCCCCC)OC(=O)CCCCCCCCCCC/C=C\C/C=C\CCCCC. The van der Waals surface area contributed by atoms with E-state index in [0.717, 1.165) is 96.3 Å². The van der Waals surface area contributed by atoms with Gasteiger partial charge in [0.2, 0.25) is 0 Å². The van der Waals surface area contributed by atoms with Crippen LogP contribution in [0.25, 0.3) is 0 Å². The van der Waals surface area contributed by atoms with Crippen LogP contribution in [0.5, 0.6) is 0 Å². The second-order valence-corrected chi connectivity index (χ2v) is 23.4. The summed E-state index contributed by atoms with van der Waals surface area (Å²) in [6, 6.07) is 0. The van der Waals surface area contributed by atoms with E-state index in [2.05, 4.69) is 106 Å². The van der Waals surface area contributed by atoms with Crippen LogP contribution in [-0.2, 0) is 28.6 Å². The molecule has 0 N–H and O–H groups in total. The number of carbonyl (C=O) groups is 3. The number of allylic oxidation sites excluding steroid dienone is 14. The van der Waals surface area contributed by atoms with Gasteiger partial charge >= 0.3 is 17.9 Å².